The van der Waals surface area contributed by atoms with E-state index in [1.165, 1.54) is 18.2 Å². The van der Waals surface area contributed by atoms with E-state index in [4.69, 9.17) is 11.6 Å². The number of hydrogen-bond acceptors (Lipinski definition) is 1. The summed E-state index contributed by atoms with van der Waals surface area (Å²) in [7, 11) is 0. The molecule has 20 heavy (non-hydrogen) atoms. The molecule has 0 heterocycles. The van der Waals surface area contributed by atoms with E-state index in [9.17, 15) is 22.7 Å². The van der Waals surface area contributed by atoms with Gasteiger partial charge in [-0.2, -0.15) is 13.2 Å². The first-order valence-corrected chi connectivity index (χ1v) is 5.97. The lowest BCUT2D eigenvalue weighted by molar-refractivity contribution is -0.137. The van der Waals surface area contributed by atoms with Gasteiger partial charge in [-0.3, -0.25) is 0 Å². The molecule has 0 aliphatic rings. The Balaban J connectivity index is 2.43. The Hall–Kier alpha value is -1.59. The summed E-state index contributed by atoms with van der Waals surface area (Å²) in [6.45, 7) is 0. The molecule has 2 rings (SSSR count). The van der Waals surface area contributed by atoms with E-state index in [1.807, 2.05) is 0 Å². The summed E-state index contributed by atoms with van der Waals surface area (Å²) in [5, 5.41) is 10.2. The normalized spacial score (nSPS) is 13.3. The van der Waals surface area contributed by atoms with Gasteiger partial charge in [0.2, 0.25) is 0 Å². The molecule has 0 aliphatic heterocycles. The van der Waals surface area contributed by atoms with E-state index in [1.54, 1.807) is 0 Å². The third kappa shape index (κ3) is 3.11. The Labute approximate surface area is 117 Å². The molecule has 2 aromatic rings. The lowest BCUT2D eigenvalue weighted by atomic mass is 9.99. The highest BCUT2D eigenvalue weighted by Gasteiger charge is 2.31. The van der Waals surface area contributed by atoms with Gasteiger partial charge in [-0.25, -0.2) is 4.39 Å². The smallest absolute Gasteiger partial charge is 0.384 e. The number of hydrogen-bond donors (Lipinski definition) is 1. The molecule has 1 N–H and O–H groups in total. The average molecular weight is 305 g/mol. The Kier molecular flexibility index (Phi) is 4.01. The zero-order valence-electron chi connectivity index (χ0n) is 9.96. The van der Waals surface area contributed by atoms with Crippen LogP contribution >= 0.6 is 11.6 Å². The molecule has 106 valence electrons. The molecule has 6 heteroatoms. The molecule has 0 spiro atoms. The predicted octanol–water partition coefficient (Wildman–Crippen LogP) is 4.58. The molecule has 0 saturated heterocycles. The van der Waals surface area contributed by atoms with E-state index in [0.29, 0.717) is 0 Å². The van der Waals surface area contributed by atoms with Gasteiger partial charge < -0.3 is 5.11 Å². The largest absolute Gasteiger partial charge is 0.416 e. The lowest BCUT2D eigenvalue weighted by Gasteiger charge is -2.15. The summed E-state index contributed by atoms with van der Waals surface area (Å²) in [5.74, 6) is -0.737. The van der Waals surface area contributed by atoms with Gasteiger partial charge in [0.25, 0.3) is 0 Å². The predicted molar refractivity (Wildman–Crippen MR) is 66.9 cm³/mol. The average Bonchev–Trinajstić information content (AvgIpc) is 2.40. The van der Waals surface area contributed by atoms with Gasteiger partial charge in [-0.15, -0.1) is 0 Å². The molecule has 0 saturated carbocycles. The second kappa shape index (κ2) is 5.42. The molecule has 2 aromatic carbocycles. The fourth-order valence-electron chi connectivity index (χ4n) is 1.79. The van der Waals surface area contributed by atoms with Gasteiger partial charge in [-0.05, 0) is 35.9 Å². The first kappa shape index (κ1) is 14.8. The maximum Gasteiger partial charge on any atom is 0.416 e. The quantitative estimate of drug-likeness (QED) is 0.805. The molecule has 1 unspecified atom stereocenters. The van der Waals surface area contributed by atoms with E-state index in [2.05, 4.69) is 0 Å². The second-order valence-electron chi connectivity index (χ2n) is 4.19. The summed E-state index contributed by atoms with van der Waals surface area (Å²) < 4.78 is 51.4. The van der Waals surface area contributed by atoms with Crippen molar-refractivity contribution in [3.8, 4) is 0 Å². The molecule has 0 radical (unpaired) electrons. The second-order valence-corrected chi connectivity index (χ2v) is 4.63. The van der Waals surface area contributed by atoms with Crippen LogP contribution in [0.15, 0.2) is 42.5 Å². The number of rotatable bonds is 2. The Morgan fingerprint density at radius 3 is 2.40 bits per heavy atom. The van der Waals surface area contributed by atoms with Crippen molar-refractivity contribution in [1.82, 2.24) is 0 Å². The summed E-state index contributed by atoms with van der Waals surface area (Å²) in [6.07, 6.45) is -6.04. The van der Waals surface area contributed by atoms with Crippen LogP contribution in [-0.4, -0.2) is 5.11 Å². The van der Waals surface area contributed by atoms with Crippen LogP contribution in [0, 0.1) is 5.82 Å². The molecule has 0 fully saturated rings. The highest BCUT2D eigenvalue weighted by molar-refractivity contribution is 6.30. The van der Waals surface area contributed by atoms with Crippen molar-refractivity contribution in [2.24, 2.45) is 0 Å². The zero-order valence-corrected chi connectivity index (χ0v) is 10.7. The van der Waals surface area contributed by atoms with Gasteiger partial charge >= 0.3 is 6.18 Å². The first-order chi connectivity index (χ1) is 9.29. The summed E-state index contributed by atoms with van der Waals surface area (Å²) in [6, 6.07) is 7.63. The van der Waals surface area contributed by atoms with Crippen LogP contribution < -0.4 is 0 Å². The fourth-order valence-corrected chi connectivity index (χ4v) is 1.97. The number of aliphatic hydroxyl groups is 1. The zero-order chi connectivity index (χ0) is 14.9. The fraction of sp³-hybridized carbons (Fsp3) is 0.143. The third-order valence-electron chi connectivity index (χ3n) is 2.78. The van der Waals surface area contributed by atoms with Crippen molar-refractivity contribution in [3.63, 3.8) is 0 Å². The van der Waals surface area contributed by atoms with Crippen LogP contribution in [0.3, 0.4) is 0 Å². The molecular formula is C14H9ClF4O. The maximum absolute atomic E-state index is 13.6. The van der Waals surface area contributed by atoms with E-state index >= 15 is 0 Å². The topological polar surface area (TPSA) is 20.2 Å². The number of halogens is 5. The molecular weight excluding hydrogens is 296 g/mol. The minimum absolute atomic E-state index is 0.0546. The summed E-state index contributed by atoms with van der Waals surface area (Å²) in [4.78, 5) is 0. The molecule has 0 bridgehead atoms. The Morgan fingerprint density at radius 2 is 1.75 bits per heavy atom. The SMILES string of the molecule is OC(c1cccc(C(F)(F)F)c1)c1cc(Cl)ccc1F. The Bertz CT molecular complexity index is 625. The molecule has 0 aliphatic carbocycles. The first-order valence-electron chi connectivity index (χ1n) is 5.59. The number of benzene rings is 2. The van der Waals surface area contributed by atoms with Crippen molar-refractivity contribution in [1.29, 1.82) is 0 Å². The minimum Gasteiger partial charge on any atom is -0.384 e. The summed E-state index contributed by atoms with van der Waals surface area (Å²) >= 11 is 5.69. The van der Waals surface area contributed by atoms with Crippen molar-refractivity contribution >= 4 is 11.6 Å². The van der Waals surface area contributed by atoms with Crippen molar-refractivity contribution in [2.75, 3.05) is 0 Å². The highest BCUT2D eigenvalue weighted by Crippen LogP contribution is 2.33. The standard InChI is InChI=1S/C14H9ClF4O/c15-10-4-5-12(16)11(7-10)13(20)8-2-1-3-9(6-8)14(17,18)19/h1-7,13,20H. The van der Waals surface area contributed by atoms with Crippen molar-refractivity contribution < 1.29 is 22.7 Å². The van der Waals surface area contributed by atoms with E-state index < -0.39 is 23.7 Å². The molecule has 1 nitrogen and oxygen atoms in total. The van der Waals surface area contributed by atoms with Crippen LogP contribution in [0.2, 0.25) is 5.02 Å². The Morgan fingerprint density at radius 1 is 1.05 bits per heavy atom. The number of aliphatic hydroxyl groups excluding tert-OH is 1. The number of alkyl halides is 3. The van der Waals surface area contributed by atoms with Crippen molar-refractivity contribution in [2.45, 2.75) is 12.3 Å². The minimum atomic E-state index is -4.53. The van der Waals surface area contributed by atoms with E-state index in [-0.39, 0.29) is 16.1 Å². The lowest BCUT2D eigenvalue weighted by Crippen LogP contribution is -2.08. The van der Waals surface area contributed by atoms with Crippen LogP contribution in [0.25, 0.3) is 0 Å². The van der Waals surface area contributed by atoms with Gasteiger partial charge in [0.15, 0.2) is 0 Å². The molecule has 1 atom stereocenters. The monoisotopic (exact) mass is 304 g/mol. The van der Waals surface area contributed by atoms with Crippen LogP contribution in [-0.2, 0) is 6.18 Å². The van der Waals surface area contributed by atoms with Gasteiger partial charge in [-0.1, -0.05) is 23.7 Å². The van der Waals surface area contributed by atoms with Crippen LogP contribution in [0.5, 0.6) is 0 Å². The molecule has 0 aromatic heterocycles. The van der Waals surface area contributed by atoms with Crippen LogP contribution in [0.1, 0.15) is 22.8 Å². The highest BCUT2D eigenvalue weighted by atomic mass is 35.5. The molecule has 0 amide bonds. The third-order valence-corrected chi connectivity index (χ3v) is 3.02. The van der Waals surface area contributed by atoms with Gasteiger partial charge in [0, 0.05) is 10.6 Å². The van der Waals surface area contributed by atoms with Gasteiger partial charge in [0.05, 0.1) is 5.56 Å². The van der Waals surface area contributed by atoms with Gasteiger partial charge in [0.1, 0.15) is 11.9 Å². The van der Waals surface area contributed by atoms with Crippen molar-refractivity contribution in [3.05, 3.63) is 70.0 Å². The van der Waals surface area contributed by atoms with Crippen LogP contribution in [0.4, 0.5) is 17.6 Å². The summed E-state index contributed by atoms with van der Waals surface area (Å²) in [5.41, 5.74) is -1.13. The van der Waals surface area contributed by atoms with E-state index in [0.717, 1.165) is 24.3 Å². The maximum atomic E-state index is 13.6.